The van der Waals surface area contributed by atoms with E-state index in [1.807, 2.05) is 0 Å². The van der Waals surface area contributed by atoms with Gasteiger partial charge in [-0.1, -0.05) is 0 Å². The van der Waals surface area contributed by atoms with E-state index in [1.54, 1.807) is 0 Å². The molecule has 0 N–H and O–H groups in total. The SMILES string of the molecule is [Cr+3].[Cr+3].[Cr+3].[Mg+2].[O-2].[Si+4]. The van der Waals surface area contributed by atoms with Crippen LogP contribution in [0.1, 0.15) is 0 Å². The molecule has 0 rings (SSSR count). The summed E-state index contributed by atoms with van der Waals surface area (Å²) in [6, 6.07) is 0. The van der Waals surface area contributed by atoms with Crippen LogP contribution in [0.2, 0.25) is 0 Å². The van der Waals surface area contributed by atoms with E-state index in [9.17, 15) is 0 Å². The molecule has 0 aliphatic carbocycles. The van der Waals surface area contributed by atoms with Crippen LogP contribution < -0.4 is 0 Å². The summed E-state index contributed by atoms with van der Waals surface area (Å²) in [5.41, 5.74) is 0. The molecule has 0 saturated carbocycles. The first-order valence-electron chi connectivity index (χ1n) is 0. The molecule has 0 aromatic carbocycles. The second-order valence-electron chi connectivity index (χ2n) is 0. The predicted molar refractivity (Wildman–Crippen MR) is 12.2 cm³/mol. The minimum Gasteiger partial charge on any atom is -2.00 e. The Bertz CT molecular complexity index is 10.8. The molecule has 1 nitrogen and oxygen atoms in total. The predicted octanol–water partition coefficient (Wildman–Crippen LogP) is -0.888. The van der Waals surface area contributed by atoms with Crippen LogP contribution >= 0.6 is 0 Å². The monoisotopic (exact) mass is 224 g/mol. The van der Waals surface area contributed by atoms with E-state index in [0.29, 0.717) is 0 Å². The van der Waals surface area contributed by atoms with Crippen molar-refractivity contribution in [2.45, 2.75) is 0 Å². The Morgan fingerprint density at radius 3 is 0.667 bits per heavy atom. The van der Waals surface area contributed by atoms with Gasteiger partial charge in [-0.05, 0) is 0 Å². The largest absolute Gasteiger partial charge is 4.00 e. The average Bonchev–Trinajstić information content (AvgIpc) is 0. The fourth-order valence-electron chi connectivity index (χ4n) is 0. The molecule has 0 aliphatic rings. The Morgan fingerprint density at radius 1 is 0.667 bits per heavy atom. The van der Waals surface area contributed by atoms with E-state index in [-0.39, 0.29) is 91.6 Å². The molecule has 0 heterocycles. The van der Waals surface area contributed by atoms with Crippen molar-refractivity contribution in [3.8, 4) is 0 Å². The zero-order chi connectivity index (χ0) is 0. The van der Waals surface area contributed by atoms with Crippen LogP contribution in [0, 0.1) is 0 Å². The van der Waals surface area contributed by atoms with Crippen LogP contribution in [0.25, 0.3) is 0 Å². The molecular formula is Cr3MgOSi+13. The van der Waals surface area contributed by atoms with Crippen molar-refractivity contribution in [2.75, 3.05) is 0 Å². The van der Waals surface area contributed by atoms with Crippen molar-refractivity contribution in [1.82, 2.24) is 0 Å². The maximum Gasteiger partial charge on any atom is 4.00 e. The van der Waals surface area contributed by atoms with Crippen LogP contribution in [0.15, 0.2) is 0 Å². The Labute approximate surface area is 90.5 Å². The van der Waals surface area contributed by atoms with Crippen molar-refractivity contribution < 1.29 is 57.6 Å². The topological polar surface area (TPSA) is 28.5 Å². The average molecular weight is 224 g/mol. The Balaban J connectivity index is 0. The van der Waals surface area contributed by atoms with E-state index in [2.05, 4.69) is 0 Å². The molecule has 0 unspecified atom stereocenters. The summed E-state index contributed by atoms with van der Waals surface area (Å²) in [4.78, 5) is 0. The van der Waals surface area contributed by atoms with Gasteiger partial charge in [-0.3, -0.25) is 0 Å². The molecule has 0 atom stereocenters. The summed E-state index contributed by atoms with van der Waals surface area (Å²) in [6.07, 6.45) is 0. The van der Waals surface area contributed by atoms with Crippen LogP contribution in [0.4, 0.5) is 0 Å². The summed E-state index contributed by atoms with van der Waals surface area (Å²) in [7, 11) is 0. The van der Waals surface area contributed by atoms with E-state index >= 15 is 0 Å². The van der Waals surface area contributed by atoms with Gasteiger partial charge in [0.1, 0.15) is 0 Å². The van der Waals surface area contributed by atoms with Gasteiger partial charge in [0.15, 0.2) is 0 Å². The van der Waals surface area contributed by atoms with E-state index in [0.717, 1.165) is 0 Å². The standard InChI is InChI=1S/3Cr.Mg.O.Si/q3*+3;+2;-2;+4. The van der Waals surface area contributed by atoms with Crippen molar-refractivity contribution in [1.29, 1.82) is 0 Å². The Hall–Kier alpha value is 2.54. The van der Waals surface area contributed by atoms with Crippen LogP contribution in [0.3, 0.4) is 0 Å². The summed E-state index contributed by atoms with van der Waals surface area (Å²) < 4.78 is 0. The van der Waals surface area contributed by atoms with Gasteiger partial charge < -0.3 is 5.48 Å². The fourth-order valence-corrected chi connectivity index (χ4v) is 0. The molecule has 0 aromatic heterocycles. The van der Waals surface area contributed by atoms with Crippen LogP contribution in [-0.4, -0.2) is 34.0 Å². The maximum atomic E-state index is 0. The smallest absolute Gasteiger partial charge is 2.00 e. The minimum absolute atomic E-state index is 0. The third-order valence-corrected chi connectivity index (χ3v) is 0. The zero-order valence-electron chi connectivity index (χ0n) is 2.84. The summed E-state index contributed by atoms with van der Waals surface area (Å²) in [6.45, 7) is 0. The minimum atomic E-state index is 0. The molecule has 0 amide bonds. The molecule has 0 spiro atoms. The molecule has 6 heteroatoms. The summed E-state index contributed by atoms with van der Waals surface area (Å²) in [5, 5.41) is 0. The maximum absolute atomic E-state index is 0. The van der Waals surface area contributed by atoms with Crippen molar-refractivity contribution in [3.63, 3.8) is 0 Å². The summed E-state index contributed by atoms with van der Waals surface area (Å²) >= 11 is 0. The molecule has 0 fully saturated rings. The second kappa shape index (κ2) is 50.0. The molecule has 3 radical (unpaired) electrons. The first-order valence-corrected chi connectivity index (χ1v) is 0. The van der Waals surface area contributed by atoms with Gasteiger partial charge in [0.05, 0.1) is 0 Å². The van der Waals surface area contributed by atoms with Gasteiger partial charge in [0.2, 0.25) is 0 Å². The van der Waals surface area contributed by atoms with Crippen LogP contribution in [0.5, 0.6) is 0 Å². The Morgan fingerprint density at radius 2 is 0.667 bits per heavy atom. The zero-order valence-corrected chi connectivity index (χ0v) is 9.08. The number of rotatable bonds is 0. The second-order valence-corrected chi connectivity index (χ2v) is 0. The van der Waals surface area contributed by atoms with E-state index in [1.165, 1.54) is 0 Å². The van der Waals surface area contributed by atoms with Crippen molar-refractivity contribution in [3.05, 3.63) is 0 Å². The molecular weight excluding hydrogens is 224 g/mol. The normalized spacial score (nSPS) is 0. The first-order chi connectivity index (χ1) is 0. The quantitative estimate of drug-likeness (QED) is 0.478. The molecule has 0 bridgehead atoms. The summed E-state index contributed by atoms with van der Waals surface area (Å²) in [5.74, 6) is 0. The van der Waals surface area contributed by atoms with E-state index in [4.69, 9.17) is 0 Å². The van der Waals surface area contributed by atoms with Crippen molar-refractivity contribution >= 4 is 34.0 Å². The van der Waals surface area contributed by atoms with Gasteiger partial charge >= 0.3 is 86.1 Å². The van der Waals surface area contributed by atoms with Gasteiger partial charge in [-0.2, -0.15) is 0 Å². The van der Waals surface area contributed by atoms with Gasteiger partial charge in [-0.15, -0.1) is 0 Å². The molecule has 6 heavy (non-hydrogen) atoms. The first kappa shape index (κ1) is 75.2. The molecule has 17 valence electrons. The third kappa shape index (κ3) is 31.1. The number of hydrogen-bond donors (Lipinski definition) is 0. The molecule has 0 aromatic rings. The molecule has 0 saturated heterocycles. The van der Waals surface area contributed by atoms with E-state index < -0.39 is 0 Å². The van der Waals surface area contributed by atoms with Gasteiger partial charge in [0, 0.05) is 0 Å². The van der Waals surface area contributed by atoms with Crippen molar-refractivity contribution in [2.24, 2.45) is 0 Å². The fraction of sp³-hybridized carbons (Fsp3) is 0. The Kier molecular flexibility index (Phi) is 627. The molecule has 0 aliphatic heterocycles. The van der Waals surface area contributed by atoms with Crippen LogP contribution in [-0.2, 0) is 57.6 Å². The van der Waals surface area contributed by atoms with Gasteiger partial charge in [-0.25, -0.2) is 0 Å². The third-order valence-electron chi connectivity index (χ3n) is 0. The van der Waals surface area contributed by atoms with Gasteiger partial charge in [0.25, 0.3) is 0 Å². The number of hydrogen-bond acceptors (Lipinski definition) is 0.